The second-order valence-corrected chi connectivity index (χ2v) is 9.55. The predicted molar refractivity (Wildman–Crippen MR) is 148 cm³/mol. The number of ether oxygens (including phenoxy) is 5. The summed E-state index contributed by atoms with van der Waals surface area (Å²) in [5.41, 5.74) is 1.72. The zero-order valence-corrected chi connectivity index (χ0v) is 23.8. The van der Waals surface area contributed by atoms with Crippen molar-refractivity contribution in [1.82, 2.24) is 4.98 Å². The molecule has 0 spiro atoms. The molecule has 3 aromatic rings. The van der Waals surface area contributed by atoms with Crippen molar-refractivity contribution in [3.05, 3.63) is 82.6 Å². The van der Waals surface area contributed by atoms with E-state index in [1.807, 2.05) is 43.3 Å². The van der Waals surface area contributed by atoms with Gasteiger partial charge in [-0.3, -0.25) is 14.4 Å². The van der Waals surface area contributed by atoms with Gasteiger partial charge in [0.05, 0.1) is 18.1 Å². The molecule has 0 aliphatic carbocycles. The minimum atomic E-state index is -0.816. The molecule has 40 heavy (non-hydrogen) atoms. The summed E-state index contributed by atoms with van der Waals surface area (Å²) >= 11 is 6.40. The van der Waals surface area contributed by atoms with E-state index in [-0.39, 0.29) is 23.6 Å². The molecule has 1 aromatic heterocycles. The summed E-state index contributed by atoms with van der Waals surface area (Å²) in [5, 5.41) is 0.441. The van der Waals surface area contributed by atoms with Gasteiger partial charge in [0.25, 0.3) is 0 Å². The third-order valence-corrected chi connectivity index (χ3v) is 6.21. The smallest absolute Gasteiger partial charge is 0.309 e. The molecule has 0 bridgehead atoms. The van der Waals surface area contributed by atoms with Crippen LogP contribution in [0, 0.1) is 12.8 Å². The zero-order valence-electron chi connectivity index (χ0n) is 23.0. The van der Waals surface area contributed by atoms with Crippen LogP contribution in [0.3, 0.4) is 0 Å². The fraction of sp³-hybridized carbons (Fsp3) is 0.333. The molecule has 0 N–H and O–H groups in total. The van der Waals surface area contributed by atoms with Crippen LogP contribution >= 0.6 is 11.6 Å². The van der Waals surface area contributed by atoms with Gasteiger partial charge in [-0.2, -0.15) is 0 Å². The van der Waals surface area contributed by atoms with Gasteiger partial charge in [-0.05, 0) is 37.1 Å². The zero-order chi connectivity index (χ0) is 29.2. The van der Waals surface area contributed by atoms with Crippen molar-refractivity contribution >= 4 is 29.3 Å². The fourth-order valence-electron chi connectivity index (χ4n) is 3.84. The lowest BCUT2D eigenvalue weighted by molar-refractivity contribution is -0.157. The molecule has 9 nitrogen and oxygen atoms in total. The Kier molecular flexibility index (Phi) is 10.9. The number of aromatic nitrogens is 1. The summed E-state index contributed by atoms with van der Waals surface area (Å²) in [6.07, 6.45) is -0.207. The molecular weight excluding hydrogens is 538 g/mol. The van der Waals surface area contributed by atoms with Crippen molar-refractivity contribution in [2.24, 2.45) is 5.92 Å². The molecule has 10 heteroatoms. The summed E-state index contributed by atoms with van der Waals surface area (Å²) in [4.78, 5) is 41.4. The van der Waals surface area contributed by atoms with E-state index in [4.69, 9.17) is 35.3 Å². The number of methoxy groups -OCH3 is 1. The quantitative estimate of drug-likeness (QED) is 0.141. The molecule has 3 atom stereocenters. The van der Waals surface area contributed by atoms with Crippen LogP contribution in [0.25, 0.3) is 0 Å². The Morgan fingerprint density at radius 3 is 2.38 bits per heavy atom. The standard InChI is InChI=1S/C30H32ClNO8/c1-18-11-12-25(23(31)15-18)40-28(22-9-7-6-8-10-22)20(3)39-30(35)19(2)16-24(34)27-29(38-17-37-21(4)33)26(36-5)13-14-32-27/h6-15,19-20,28H,16-17H2,1-5H3/t19-,20+,28+/m1/s1. The highest BCUT2D eigenvalue weighted by Crippen LogP contribution is 2.34. The average Bonchev–Trinajstić information content (AvgIpc) is 2.92. The van der Waals surface area contributed by atoms with Gasteiger partial charge in [0.2, 0.25) is 6.79 Å². The van der Waals surface area contributed by atoms with Crippen molar-refractivity contribution < 1.29 is 38.1 Å². The number of hydrogen-bond donors (Lipinski definition) is 0. The Morgan fingerprint density at radius 2 is 1.73 bits per heavy atom. The van der Waals surface area contributed by atoms with Gasteiger partial charge in [0.15, 0.2) is 29.1 Å². The molecule has 0 aliphatic rings. The Bertz CT molecular complexity index is 1330. The first-order valence-electron chi connectivity index (χ1n) is 12.6. The lowest BCUT2D eigenvalue weighted by Gasteiger charge is -2.27. The van der Waals surface area contributed by atoms with Crippen molar-refractivity contribution in [1.29, 1.82) is 0 Å². The Hall–Kier alpha value is -4.11. The second-order valence-electron chi connectivity index (χ2n) is 9.14. The van der Waals surface area contributed by atoms with Crippen LogP contribution in [0.5, 0.6) is 17.2 Å². The van der Waals surface area contributed by atoms with Gasteiger partial charge in [-0.25, -0.2) is 4.98 Å². The van der Waals surface area contributed by atoms with Crippen LogP contribution in [-0.4, -0.2) is 42.7 Å². The molecule has 212 valence electrons. The average molecular weight is 570 g/mol. The van der Waals surface area contributed by atoms with E-state index >= 15 is 0 Å². The minimum Gasteiger partial charge on any atom is -0.493 e. The molecule has 0 saturated carbocycles. The highest BCUT2D eigenvalue weighted by Gasteiger charge is 2.30. The summed E-state index contributed by atoms with van der Waals surface area (Å²) in [7, 11) is 1.40. The Labute approximate surface area is 238 Å². The third-order valence-electron chi connectivity index (χ3n) is 5.91. The maximum Gasteiger partial charge on any atom is 0.309 e. The van der Waals surface area contributed by atoms with E-state index in [1.54, 1.807) is 26.0 Å². The number of carbonyl (C=O) groups is 3. The first-order chi connectivity index (χ1) is 19.1. The number of hydrogen-bond acceptors (Lipinski definition) is 9. The number of halogens is 1. The maximum absolute atomic E-state index is 13.1. The largest absolute Gasteiger partial charge is 0.493 e. The number of nitrogens with zero attached hydrogens (tertiary/aromatic N) is 1. The maximum atomic E-state index is 13.1. The van der Waals surface area contributed by atoms with Crippen LogP contribution < -0.4 is 14.2 Å². The molecule has 0 saturated heterocycles. The highest BCUT2D eigenvalue weighted by molar-refractivity contribution is 6.32. The lowest BCUT2D eigenvalue weighted by atomic mass is 10.0. The number of carbonyl (C=O) groups excluding carboxylic acids is 3. The first-order valence-corrected chi connectivity index (χ1v) is 13.0. The number of benzene rings is 2. The molecule has 3 rings (SSSR count). The molecular formula is C30H32ClNO8. The van der Waals surface area contributed by atoms with E-state index in [2.05, 4.69) is 4.98 Å². The van der Waals surface area contributed by atoms with Crippen LogP contribution in [-0.2, 0) is 19.1 Å². The molecule has 0 aliphatic heterocycles. The van der Waals surface area contributed by atoms with Crippen molar-refractivity contribution in [3.63, 3.8) is 0 Å². The van der Waals surface area contributed by atoms with Gasteiger partial charge in [-0.1, -0.05) is 54.9 Å². The van der Waals surface area contributed by atoms with Crippen LogP contribution in [0.4, 0.5) is 0 Å². The monoisotopic (exact) mass is 569 g/mol. The van der Waals surface area contributed by atoms with Gasteiger partial charge < -0.3 is 23.7 Å². The van der Waals surface area contributed by atoms with Gasteiger partial charge in [-0.15, -0.1) is 0 Å². The highest BCUT2D eigenvalue weighted by atomic mass is 35.5. The van der Waals surface area contributed by atoms with E-state index in [1.165, 1.54) is 26.3 Å². The first kappa shape index (κ1) is 30.4. The van der Waals surface area contributed by atoms with E-state index < -0.39 is 42.6 Å². The summed E-state index contributed by atoms with van der Waals surface area (Å²) in [6, 6.07) is 16.3. The van der Waals surface area contributed by atoms with Gasteiger partial charge >= 0.3 is 11.9 Å². The summed E-state index contributed by atoms with van der Waals surface area (Å²) in [6.45, 7) is 6.03. The number of esters is 2. The normalized spacial score (nSPS) is 12.9. The van der Waals surface area contributed by atoms with Crippen LogP contribution in [0.2, 0.25) is 5.02 Å². The van der Waals surface area contributed by atoms with Crippen molar-refractivity contribution in [2.75, 3.05) is 13.9 Å². The number of ketones is 1. The number of rotatable bonds is 13. The predicted octanol–water partition coefficient (Wildman–Crippen LogP) is 5.91. The topological polar surface area (TPSA) is 110 Å². The lowest BCUT2D eigenvalue weighted by Crippen LogP contribution is -2.30. The van der Waals surface area contributed by atoms with E-state index in [0.29, 0.717) is 10.8 Å². The molecule has 0 radical (unpaired) electrons. The Morgan fingerprint density at radius 1 is 1.00 bits per heavy atom. The molecule has 2 aromatic carbocycles. The van der Waals surface area contributed by atoms with Crippen LogP contribution in [0.15, 0.2) is 60.8 Å². The fourth-order valence-corrected chi connectivity index (χ4v) is 4.12. The van der Waals surface area contributed by atoms with E-state index in [0.717, 1.165) is 11.1 Å². The minimum absolute atomic E-state index is 0.0118. The van der Waals surface area contributed by atoms with Crippen molar-refractivity contribution in [2.45, 2.75) is 46.3 Å². The van der Waals surface area contributed by atoms with Crippen LogP contribution in [0.1, 0.15) is 54.9 Å². The summed E-state index contributed by atoms with van der Waals surface area (Å²) < 4.78 is 27.5. The Balaban J connectivity index is 1.73. The molecule has 0 amide bonds. The molecule has 0 fully saturated rings. The molecule has 0 unspecified atom stereocenters. The number of aryl methyl sites for hydroxylation is 1. The SMILES string of the molecule is COc1ccnc(C(=O)C[C@@H](C)C(=O)O[C@@H](C)[C@H](Oc2ccc(C)cc2Cl)c2ccccc2)c1OCOC(C)=O. The van der Waals surface area contributed by atoms with Gasteiger partial charge in [0.1, 0.15) is 11.9 Å². The van der Waals surface area contributed by atoms with Gasteiger partial charge in [0, 0.05) is 25.6 Å². The van der Waals surface area contributed by atoms with Crippen molar-refractivity contribution in [3.8, 4) is 17.2 Å². The second kappa shape index (κ2) is 14.3. The third kappa shape index (κ3) is 8.19. The van der Waals surface area contributed by atoms with E-state index in [9.17, 15) is 14.4 Å². The molecule has 1 heterocycles. The summed E-state index contributed by atoms with van der Waals surface area (Å²) in [5.74, 6) is -1.74. The number of pyridine rings is 1. The number of Topliss-reactive ketones (excluding diaryl/α,β-unsaturated/α-hetero) is 1.